The van der Waals surface area contributed by atoms with E-state index in [0.717, 1.165) is 0 Å². The second-order valence-electron chi connectivity index (χ2n) is 9.75. The minimum Gasteiger partial charge on any atom is -0.508 e. The van der Waals surface area contributed by atoms with Gasteiger partial charge in [-0.1, -0.05) is 26.0 Å². The SMILES string of the molecule is CC(C)CC(NC(=O)C(CCCN=C(N)N)NC(=O)C(Cc1ccc(O)cc1)NC(=O)C(N)CC(N)=O)C(=O)O. The highest BCUT2D eigenvalue weighted by Crippen LogP contribution is 2.12. The van der Waals surface area contributed by atoms with Gasteiger partial charge in [0.05, 0.1) is 12.5 Å². The standard InChI is InChI=1S/C25H40N8O7/c1-13(2)10-19(24(39)40)33-22(37)17(4-3-9-30-25(28)29)31-23(38)18(11-14-5-7-15(34)8-6-14)32-21(36)16(26)12-20(27)35/h5-8,13,16-19,34H,3-4,9-12,26H2,1-2H3,(H2,27,35)(H,31,38)(H,32,36)(H,33,37)(H,39,40)(H4,28,29,30). The molecule has 40 heavy (non-hydrogen) atoms. The van der Waals surface area contributed by atoms with Crippen LogP contribution in [0.15, 0.2) is 29.3 Å². The summed E-state index contributed by atoms with van der Waals surface area (Å²) in [5, 5.41) is 26.6. The van der Waals surface area contributed by atoms with Crippen molar-refractivity contribution >= 4 is 35.6 Å². The largest absolute Gasteiger partial charge is 0.508 e. The van der Waals surface area contributed by atoms with Gasteiger partial charge in [0.2, 0.25) is 23.6 Å². The molecule has 0 saturated heterocycles. The van der Waals surface area contributed by atoms with E-state index in [-0.39, 0.29) is 49.9 Å². The molecule has 13 N–H and O–H groups in total. The molecule has 0 saturated carbocycles. The number of carbonyl (C=O) groups excluding carboxylic acids is 4. The summed E-state index contributed by atoms with van der Waals surface area (Å²) in [6, 6.07) is 0.894. The fourth-order valence-corrected chi connectivity index (χ4v) is 3.68. The minimum absolute atomic E-state index is 0.0100. The number of aromatic hydroxyl groups is 1. The number of carbonyl (C=O) groups is 5. The number of rotatable bonds is 17. The van der Waals surface area contributed by atoms with Crippen molar-refractivity contribution in [3.05, 3.63) is 29.8 Å². The Morgan fingerprint density at radius 2 is 1.43 bits per heavy atom. The lowest BCUT2D eigenvalue weighted by Gasteiger charge is -2.25. The number of nitrogens with two attached hydrogens (primary N) is 4. The van der Waals surface area contributed by atoms with E-state index < -0.39 is 60.2 Å². The molecule has 4 unspecified atom stereocenters. The number of hydrogen-bond acceptors (Lipinski definition) is 8. The second kappa shape index (κ2) is 16.5. The summed E-state index contributed by atoms with van der Waals surface area (Å²) in [5.41, 5.74) is 22.1. The number of phenols is 1. The molecule has 15 heteroatoms. The van der Waals surface area contributed by atoms with Crippen LogP contribution in [0.1, 0.15) is 45.1 Å². The van der Waals surface area contributed by atoms with E-state index in [1.807, 2.05) is 0 Å². The van der Waals surface area contributed by atoms with Crippen LogP contribution in [-0.4, -0.2) is 76.5 Å². The smallest absolute Gasteiger partial charge is 0.326 e. The van der Waals surface area contributed by atoms with Crippen molar-refractivity contribution in [2.75, 3.05) is 6.54 Å². The van der Waals surface area contributed by atoms with Crippen LogP contribution in [-0.2, 0) is 30.4 Å². The Kier molecular flexibility index (Phi) is 13.9. The number of hydrogen-bond donors (Lipinski definition) is 9. The molecule has 222 valence electrons. The fourth-order valence-electron chi connectivity index (χ4n) is 3.68. The van der Waals surface area contributed by atoms with E-state index in [9.17, 15) is 34.2 Å². The van der Waals surface area contributed by atoms with Gasteiger partial charge in [-0.15, -0.1) is 0 Å². The van der Waals surface area contributed by atoms with Crippen molar-refractivity contribution in [3.63, 3.8) is 0 Å². The van der Waals surface area contributed by atoms with Gasteiger partial charge in [0.15, 0.2) is 5.96 Å². The van der Waals surface area contributed by atoms with Gasteiger partial charge in [-0.2, -0.15) is 0 Å². The first kappa shape index (κ1) is 33.6. The van der Waals surface area contributed by atoms with Crippen LogP contribution in [0.2, 0.25) is 0 Å². The Balaban J connectivity index is 3.20. The number of aliphatic carboxylic acids is 1. The number of nitrogens with zero attached hydrogens (tertiary/aromatic N) is 1. The van der Waals surface area contributed by atoms with Gasteiger partial charge in [-0.25, -0.2) is 4.79 Å². The van der Waals surface area contributed by atoms with Gasteiger partial charge >= 0.3 is 5.97 Å². The first-order valence-corrected chi connectivity index (χ1v) is 12.7. The Labute approximate surface area is 232 Å². The van der Waals surface area contributed by atoms with Crippen LogP contribution >= 0.6 is 0 Å². The molecule has 1 aromatic carbocycles. The molecule has 0 aromatic heterocycles. The Morgan fingerprint density at radius 1 is 0.875 bits per heavy atom. The van der Waals surface area contributed by atoms with Gasteiger partial charge in [-0.3, -0.25) is 24.2 Å². The summed E-state index contributed by atoms with van der Waals surface area (Å²) in [6.45, 7) is 3.75. The topological polar surface area (TPSA) is 278 Å². The van der Waals surface area contributed by atoms with Crippen LogP contribution < -0.4 is 38.9 Å². The fraction of sp³-hybridized carbons (Fsp3) is 0.520. The molecular formula is C25H40N8O7. The zero-order valence-corrected chi connectivity index (χ0v) is 22.6. The Bertz CT molecular complexity index is 1060. The number of phenolic OH excluding ortho intramolecular Hbond substituents is 1. The highest BCUT2D eigenvalue weighted by atomic mass is 16.4. The number of carboxylic acids is 1. The summed E-state index contributed by atoms with van der Waals surface area (Å²) in [6.07, 6.45) is -0.0522. The predicted octanol–water partition coefficient (Wildman–Crippen LogP) is -2.22. The quantitative estimate of drug-likeness (QED) is 0.0558. The lowest BCUT2D eigenvalue weighted by atomic mass is 10.0. The highest BCUT2D eigenvalue weighted by Gasteiger charge is 2.31. The summed E-state index contributed by atoms with van der Waals surface area (Å²) >= 11 is 0. The molecule has 1 aromatic rings. The highest BCUT2D eigenvalue weighted by molar-refractivity contribution is 5.95. The normalized spacial score (nSPS) is 13.8. The second-order valence-corrected chi connectivity index (χ2v) is 9.75. The molecule has 0 aliphatic heterocycles. The van der Waals surface area contributed by atoms with E-state index in [0.29, 0.717) is 5.56 Å². The molecule has 1 rings (SSSR count). The van der Waals surface area contributed by atoms with Crippen LogP contribution in [0, 0.1) is 5.92 Å². The number of primary amides is 1. The van der Waals surface area contributed by atoms with E-state index in [1.54, 1.807) is 13.8 Å². The predicted molar refractivity (Wildman–Crippen MR) is 146 cm³/mol. The van der Waals surface area contributed by atoms with Crippen LogP contribution in [0.25, 0.3) is 0 Å². The molecule has 0 heterocycles. The van der Waals surface area contributed by atoms with E-state index >= 15 is 0 Å². The molecule has 0 fully saturated rings. The first-order valence-electron chi connectivity index (χ1n) is 12.7. The molecule has 4 atom stereocenters. The summed E-state index contributed by atoms with van der Waals surface area (Å²) in [7, 11) is 0. The molecule has 0 aliphatic carbocycles. The van der Waals surface area contributed by atoms with Gasteiger partial charge in [-0.05, 0) is 42.9 Å². The number of guanidine groups is 1. The number of carboxylic acid groups (broad SMARTS) is 1. The van der Waals surface area contributed by atoms with Gasteiger partial charge in [0.1, 0.15) is 23.9 Å². The van der Waals surface area contributed by atoms with E-state index in [4.69, 9.17) is 22.9 Å². The number of amides is 4. The van der Waals surface area contributed by atoms with Crippen LogP contribution in [0.3, 0.4) is 0 Å². The summed E-state index contributed by atoms with van der Waals surface area (Å²) in [5.74, 6) is -4.58. The Hall–Kier alpha value is -4.40. The number of aliphatic imine (C=N–C) groups is 1. The lowest BCUT2D eigenvalue weighted by Crippen LogP contribution is -2.58. The zero-order valence-electron chi connectivity index (χ0n) is 22.6. The minimum atomic E-state index is -1.32. The zero-order chi connectivity index (χ0) is 30.4. The molecule has 0 spiro atoms. The summed E-state index contributed by atoms with van der Waals surface area (Å²) < 4.78 is 0. The van der Waals surface area contributed by atoms with Crippen molar-refractivity contribution in [1.82, 2.24) is 16.0 Å². The average Bonchev–Trinajstić information content (AvgIpc) is 2.85. The van der Waals surface area contributed by atoms with Gasteiger partial charge in [0.25, 0.3) is 0 Å². The third kappa shape index (κ3) is 12.9. The number of benzene rings is 1. The molecule has 0 bridgehead atoms. The third-order valence-electron chi connectivity index (χ3n) is 5.67. The van der Waals surface area contributed by atoms with E-state index in [1.165, 1.54) is 24.3 Å². The van der Waals surface area contributed by atoms with E-state index in [2.05, 4.69) is 20.9 Å². The van der Waals surface area contributed by atoms with Crippen molar-refractivity contribution in [3.8, 4) is 5.75 Å². The maximum atomic E-state index is 13.4. The molecule has 0 aliphatic rings. The Morgan fingerprint density at radius 3 is 1.95 bits per heavy atom. The van der Waals surface area contributed by atoms with Crippen molar-refractivity contribution in [2.45, 2.75) is 70.1 Å². The van der Waals surface area contributed by atoms with Crippen molar-refractivity contribution in [1.29, 1.82) is 0 Å². The number of nitrogens with one attached hydrogen (secondary N) is 3. The molecular weight excluding hydrogens is 524 g/mol. The third-order valence-corrected chi connectivity index (χ3v) is 5.67. The van der Waals surface area contributed by atoms with Crippen molar-refractivity contribution < 1.29 is 34.2 Å². The lowest BCUT2D eigenvalue weighted by molar-refractivity contribution is -0.142. The monoisotopic (exact) mass is 564 g/mol. The molecule has 0 radical (unpaired) electrons. The van der Waals surface area contributed by atoms with Crippen LogP contribution in [0.4, 0.5) is 0 Å². The maximum Gasteiger partial charge on any atom is 0.326 e. The molecule has 4 amide bonds. The van der Waals surface area contributed by atoms with Crippen molar-refractivity contribution in [2.24, 2.45) is 33.8 Å². The summed E-state index contributed by atoms with van der Waals surface area (Å²) in [4.78, 5) is 65.8. The average molecular weight is 565 g/mol. The molecule has 15 nitrogen and oxygen atoms in total. The van der Waals surface area contributed by atoms with Gasteiger partial charge < -0.3 is 49.1 Å². The van der Waals surface area contributed by atoms with Crippen LogP contribution in [0.5, 0.6) is 5.75 Å². The first-order chi connectivity index (χ1) is 18.7. The van der Waals surface area contributed by atoms with Gasteiger partial charge in [0, 0.05) is 13.0 Å². The maximum absolute atomic E-state index is 13.4.